The van der Waals surface area contributed by atoms with Crippen molar-refractivity contribution in [2.24, 2.45) is 5.10 Å². The van der Waals surface area contributed by atoms with Crippen molar-refractivity contribution in [2.75, 3.05) is 5.73 Å². The van der Waals surface area contributed by atoms with E-state index >= 15 is 0 Å². The Kier molecular flexibility index (Phi) is 4.40. The fraction of sp³-hybridized carbons (Fsp3) is 0.0714. The third-order valence-electron chi connectivity index (χ3n) is 2.57. The number of alkyl halides is 3. The predicted octanol–water partition coefficient (Wildman–Crippen LogP) is 2.39. The molecule has 1 heterocycles. The predicted molar refractivity (Wildman–Crippen MR) is 77.3 cm³/mol. The molecule has 1 aromatic heterocycles. The molecule has 0 atom stereocenters. The third-order valence-corrected chi connectivity index (χ3v) is 2.57. The molecule has 0 spiro atoms. The number of nitrogens with zero attached hydrogens (tertiary/aromatic N) is 3. The first kappa shape index (κ1) is 15.5. The van der Waals surface area contributed by atoms with Gasteiger partial charge in [0.15, 0.2) is 5.69 Å². The zero-order valence-electron chi connectivity index (χ0n) is 11.2. The average molecular weight is 308 g/mol. The van der Waals surface area contributed by atoms with Crippen LogP contribution in [-0.4, -0.2) is 15.9 Å². The minimum absolute atomic E-state index is 0.342. The van der Waals surface area contributed by atoms with E-state index in [2.05, 4.69) is 10.1 Å². The number of anilines is 1. The van der Waals surface area contributed by atoms with Gasteiger partial charge in [-0.3, -0.25) is 4.79 Å². The lowest BCUT2D eigenvalue weighted by Gasteiger charge is -2.07. The molecule has 2 aromatic rings. The number of nitrogens with two attached hydrogens (primary N) is 1. The van der Waals surface area contributed by atoms with Crippen LogP contribution in [0.15, 0.2) is 52.4 Å². The number of hydrogen-bond donors (Lipinski definition) is 1. The number of aromatic nitrogens is 2. The first-order valence-electron chi connectivity index (χ1n) is 6.11. The van der Waals surface area contributed by atoms with E-state index in [0.717, 1.165) is 5.56 Å². The second-order valence-electron chi connectivity index (χ2n) is 4.18. The minimum Gasteiger partial charge on any atom is -0.368 e. The van der Waals surface area contributed by atoms with Crippen LogP contribution in [0.25, 0.3) is 6.08 Å². The molecule has 5 nitrogen and oxygen atoms in total. The maximum absolute atomic E-state index is 12.5. The summed E-state index contributed by atoms with van der Waals surface area (Å²) < 4.78 is 38.0. The molecule has 2 N–H and O–H groups in total. The summed E-state index contributed by atoms with van der Waals surface area (Å²) in [5, 5.41) is 3.68. The van der Waals surface area contributed by atoms with E-state index in [1.165, 1.54) is 12.3 Å². The number of nitrogen functional groups attached to an aromatic ring is 1. The molecular formula is C14H11F3N4O. The summed E-state index contributed by atoms with van der Waals surface area (Å²) in [5.41, 5.74) is 3.87. The lowest BCUT2D eigenvalue weighted by atomic mass is 10.2. The number of rotatable bonds is 3. The van der Waals surface area contributed by atoms with Gasteiger partial charge in [0.05, 0.1) is 0 Å². The summed E-state index contributed by atoms with van der Waals surface area (Å²) >= 11 is 0. The monoisotopic (exact) mass is 308 g/mol. The Morgan fingerprint density at radius 2 is 1.91 bits per heavy atom. The molecule has 0 unspecified atom stereocenters. The summed E-state index contributed by atoms with van der Waals surface area (Å²) in [6, 6.07) is 9.60. The highest BCUT2D eigenvalue weighted by Crippen LogP contribution is 2.26. The van der Waals surface area contributed by atoms with E-state index in [0.29, 0.717) is 10.7 Å². The van der Waals surface area contributed by atoms with Crippen molar-refractivity contribution >= 4 is 18.2 Å². The number of halogens is 3. The highest BCUT2D eigenvalue weighted by Gasteiger charge is 2.33. The first-order chi connectivity index (χ1) is 10.4. The van der Waals surface area contributed by atoms with E-state index < -0.39 is 23.4 Å². The zero-order chi connectivity index (χ0) is 16.2. The van der Waals surface area contributed by atoms with Gasteiger partial charge in [0.25, 0.3) is 5.56 Å². The van der Waals surface area contributed by atoms with Gasteiger partial charge in [0, 0.05) is 12.3 Å². The van der Waals surface area contributed by atoms with Crippen molar-refractivity contribution in [1.82, 2.24) is 9.66 Å². The van der Waals surface area contributed by atoms with Gasteiger partial charge in [-0.2, -0.15) is 22.9 Å². The van der Waals surface area contributed by atoms with E-state index in [4.69, 9.17) is 5.73 Å². The van der Waals surface area contributed by atoms with Gasteiger partial charge in [-0.05, 0) is 11.6 Å². The van der Waals surface area contributed by atoms with Crippen LogP contribution in [0.4, 0.5) is 19.1 Å². The quantitative estimate of drug-likeness (QED) is 0.885. The van der Waals surface area contributed by atoms with E-state index in [1.54, 1.807) is 6.08 Å². The van der Waals surface area contributed by atoms with Crippen LogP contribution in [0.3, 0.4) is 0 Å². The molecule has 8 heteroatoms. The summed E-state index contributed by atoms with van der Waals surface area (Å²) in [7, 11) is 0. The lowest BCUT2D eigenvalue weighted by molar-refractivity contribution is -0.141. The van der Waals surface area contributed by atoms with Gasteiger partial charge in [0.2, 0.25) is 5.95 Å². The maximum atomic E-state index is 12.5. The highest BCUT2D eigenvalue weighted by molar-refractivity contribution is 5.78. The van der Waals surface area contributed by atoms with Crippen LogP contribution < -0.4 is 11.3 Å². The minimum atomic E-state index is -4.73. The van der Waals surface area contributed by atoms with Crippen LogP contribution in [0.5, 0.6) is 0 Å². The summed E-state index contributed by atoms with van der Waals surface area (Å²) in [5.74, 6) is -0.635. The number of benzene rings is 1. The fourth-order valence-corrected chi connectivity index (χ4v) is 1.58. The Labute approximate surface area is 123 Å². The van der Waals surface area contributed by atoms with Crippen molar-refractivity contribution in [2.45, 2.75) is 6.18 Å². The van der Waals surface area contributed by atoms with Crippen molar-refractivity contribution < 1.29 is 13.2 Å². The smallest absolute Gasteiger partial charge is 0.368 e. The van der Waals surface area contributed by atoms with Gasteiger partial charge >= 0.3 is 6.18 Å². The molecule has 0 amide bonds. The first-order valence-corrected chi connectivity index (χ1v) is 6.11. The molecule has 22 heavy (non-hydrogen) atoms. The maximum Gasteiger partial charge on any atom is 0.433 e. The Morgan fingerprint density at radius 3 is 2.50 bits per heavy atom. The van der Waals surface area contributed by atoms with Crippen LogP contribution in [-0.2, 0) is 6.18 Å². The third kappa shape index (κ3) is 3.81. The molecule has 0 saturated heterocycles. The molecule has 0 saturated carbocycles. The lowest BCUT2D eigenvalue weighted by Crippen LogP contribution is -2.24. The van der Waals surface area contributed by atoms with Crippen LogP contribution >= 0.6 is 0 Å². The molecule has 2 rings (SSSR count). The Balaban J connectivity index is 2.22. The molecule has 0 fully saturated rings. The Hall–Kier alpha value is -2.90. The molecule has 0 aliphatic heterocycles. The number of hydrogen-bond acceptors (Lipinski definition) is 4. The standard InChI is InChI=1S/C14H11F3N4O/c15-14(16,17)11-9-12(22)21(13(18)20-11)19-8-4-7-10-5-2-1-3-6-10/h1-9H,(H2,18,20)/b7-4+,19-8+. The fourth-order valence-electron chi connectivity index (χ4n) is 1.58. The molecule has 1 aromatic carbocycles. The van der Waals surface area contributed by atoms with Crippen molar-refractivity contribution in [3.05, 3.63) is 64.1 Å². The van der Waals surface area contributed by atoms with Gasteiger partial charge in [-0.15, -0.1) is 0 Å². The summed E-state index contributed by atoms with van der Waals surface area (Å²) in [6.45, 7) is 0. The Bertz CT molecular complexity index is 764. The largest absolute Gasteiger partial charge is 0.433 e. The topological polar surface area (TPSA) is 73.3 Å². The van der Waals surface area contributed by atoms with Crippen molar-refractivity contribution in [3.63, 3.8) is 0 Å². The molecule has 114 valence electrons. The van der Waals surface area contributed by atoms with E-state index in [9.17, 15) is 18.0 Å². The van der Waals surface area contributed by atoms with Crippen LogP contribution in [0.2, 0.25) is 0 Å². The molecule has 0 aliphatic carbocycles. The van der Waals surface area contributed by atoms with E-state index in [1.807, 2.05) is 30.3 Å². The van der Waals surface area contributed by atoms with E-state index in [-0.39, 0.29) is 0 Å². The Morgan fingerprint density at radius 1 is 1.23 bits per heavy atom. The summed E-state index contributed by atoms with van der Waals surface area (Å²) in [6.07, 6.45) is -0.260. The number of allylic oxidation sites excluding steroid dienone is 1. The molecule has 0 bridgehead atoms. The normalized spacial score (nSPS) is 12.3. The van der Waals surface area contributed by atoms with Gasteiger partial charge in [-0.1, -0.05) is 36.4 Å². The van der Waals surface area contributed by atoms with Gasteiger partial charge < -0.3 is 5.73 Å². The van der Waals surface area contributed by atoms with Crippen LogP contribution in [0, 0.1) is 0 Å². The van der Waals surface area contributed by atoms with Gasteiger partial charge in [0.1, 0.15) is 0 Å². The second-order valence-corrected chi connectivity index (χ2v) is 4.18. The molecular weight excluding hydrogens is 297 g/mol. The molecule has 0 aliphatic rings. The van der Waals surface area contributed by atoms with Gasteiger partial charge in [-0.25, -0.2) is 4.98 Å². The SMILES string of the molecule is Nc1nc(C(F)(F)F)cc(=O)n1/N=C/C=C/c1ccccc1. The highest BCUT2D eigenvalue weighted by atomic mass is 19.4. The van der Waals surface area contributed by atoms with Crippen LogP contribution in [0.1, 0.15) is 11.3 Å². The average Bonchev–Trinajstić information content (AvgIpc) is 2.45. The summed E-state index contributed by atoms with van der Waals surface area (Å²) in [4.78, 5) is 14.7. The zero-order valence-corrected chi connectivity index (χ0v) is 11.2. The molecule has 0 radical (unpaired) electrons. The van der Waals surface area contributed by atoms with Crippen molar-refractivity contribution in [1.29, 1.82) is 0 Å². The second kappa shape index (κ2) is 6.25. The van der Waals surface area contributed by atoms with Crippen molar-refractivity contribution in [3.8, 4) is 0 Å².